The molecule has 0 fully saturated rings. The Morgan fingerprint density at radius 2 is 1.20 bits per heavy atom. The van der Waals surface area contributed by atoms with Gasteiger partial charge in [0.15, 0.2) is 0 Å². The molecule has 50 heavy (non-hydrogen) atoms. The normalized spacial score (nSPS) is 13.1. The van der Waals surface area contributed by atoms with Crippen molar-refractivity contribution in [3.63, 3.8) is 0 Å². The number of nitrogens with zero attached hydrogens (tertiary/aromatic N) is 4. The average molecular weight is 641 g/mol. The van der Waals surface area contributed by atoms with Crippen LogP contribution in [0.3, 0.4) is 0 Å². The number of rotatable bonds is 5. The van der Waals surface area contributed by atoms with Gasteiger partial charge < -0.3 is 4.57 Å². The second kappa shape index (κ2) is 11.6. The fraction of sp³-hybridized carbons (Fsp3) is 0.0435. The smallest absolute Gasteiger partial charge is 0.138 e. The van der Waals surface area contributed by atoms with Crippen LogP contribution < -0.4 is 0 Å². The summed E-state index contributed by atoms with van der Waals surface area (Å²) >= 11 is 0. The van der Waals surface area contributed by atoms with E-state index in [2.05, 4.69) is 173 Å². The summed E-state index contributed by atoms with van der Waals surface area (Å²) in [6.45, 7) is 0. The van der Waals surface area contributed by atoms with Crippen LogP contribution in [0.2, 0.25) is 0 Å². The molecule has 1 aliphatic rings. The molecule has 0 spiro atoms. The second-order valence-electron chi connectivity index (χ2n) is 12.9. The molecular weight excluding hydrogens is 609 g/mol. The average Bonchev–Trinajstić information content (AvgIpc) is 3.72. The largest absolute Gasteiger partial charge is 0.309 e. The van der Waals surface area contributed by atoms with Crippen LogP contribution in [-0.2, 0) is 0 Å². The molecule has 0 amide bonds. The highest BCUT2D eigenvalue weighted by Crippen LogP contribution is 2.42. The molecule has 4 nitrogen and oxygen atoms in total. The molecule has 0 unspecified atom stereocenters. The van der Waals surface area contributed by atoms with Gasteiger partial charge in [0, 0.05) is 32.8 Å². The summed E-state index contributed by atoms with van der Waals surface area (Å²) in [4.78, 5) is 10.6. The first-order chi connectivity index (χ1) is 24.8. The standard InChI is InChI=1S/C46H32N4/c1-4-15-31(16-5-1)33-29-39(32-17-6-2-7-18-32)47-40(30-33)38-23-14-26-44(48-38)50-41-24-12-10-21-35(41)36-27-28-43-45(46(36)50)37-22-11-13-25-42(37)49(43)34-19-8-3-9-20-34/h1-4,6-15,17-30H,5,16H2. The zero-order chi connectivity index (χ0) is 33.0. The Bertz CT molecular complexity index is 2800. The van der Waals surface area contributed by atoms with Crippen molar-refractivity contribution in [3.05, 3.63) is 175 Å². The topological polar surface area (TPSA) is 35.6 Å². The maximum absolute atomic E-state index is 5.42. The van der Waals surface area contributed by atoms with Gasteiger partial charge in [-0.15, -0.1) is 0 Å². The molecule has 0 atom stereocenters. The van der Waals surface area contributed by atoms with Gasteiger partial charge in [0.2, 0.25) is 0 Å². The van der Waals surface area contributed by atoms with Gasteiger partial charge in [0.25, 0.3) is 0 Å². The lowest BCUT2D eigenvalue weighted by Crippen LogP contribution is -2.01. The van der Waals surface area contributed by atoms with Crippen molar-refractivity contribution in [3.8, 4) is 34.2 Å². The van der Waals surface area contributed by atoms with Crippen LogP contribution in [0.25, 0.3) is 83.3 Å². The molecule has 4 aromatic heterocycles. The Hall–Kier alpha value is -6.52. The molecule has 4 heterocycles. The van der Waals surface area contributed by atoms with Gasteiger partial charge in [-0.1, -0.05) is 115 Å². The van der Waals surface area contributed by atoms with E-state index in [0.717, 1.165) is 58.0 Å². The van der Waals surface area contributed by atoms with E-state index in [1.165, 1.54) is 43.7 Å². The molecule has 1 aliphatic carbocycles. The van der Waals surface area contributed by atoms with Crippen LogP contribution in [0.5, 0.6) is 0 Å². The van der Waals surface area contributed by atoms with E-state index in [1.807, 2.05) is 6.07 Å². The molecule has 236 valence electrons. The Labute approximate surface area is 289 Å². The van der Waals surface area contributed by atoms with Gasteiger partial charge >= 0.3 is 0 Å². The fourth-order valence-electron chi connectivity index (χ4n) is 7.74. The summed E-state index contributed by atoms with van der Waals surface area (Å²) in [5.74, 6) is 0.867. The second-order valence-corrected chi connectivity index (χ2v) is 12.9. The number of hydrogen-bond acceptors (Lipinski definition) is 2. The highest BCUT2D eigenvalue weighted by Gasteiger charge is 2.21. The lowest BCUT2D eigenvalue weighted by Gasteiger charge is -2.14. The number of pyridine rings is 2. The van der Waals surface area contributed by atoms with Crippen LogP contribution in [-0.4, -0.2) is 19.1 Å². The van der Waals surface area contributed by atoms with Crippen molar-refractivity contribution in [2.45, 2.75) is 12.8 Å². The number of benzene rings is 5. The molecule has 0 bridgehead atoms. The Morgan fingerprint density at radius 1 is 0.480 bits per heavy atom. The van der Waals surface area contributed by atoms with E-state index in [9.17, 15) is 0 Å². The molecule has 0 saturated heterocycles. The highest BCUT2D eigenvalue weighted by atomic mass is 15.1. The minimum atomic E-state index is 0.846. The summed E-state index contributed by atoms with van der Waals surface area (Å²) < 4.78 is 4.74. The van der Waals surface area contributed by atoms with Crippen molar-refractivity contribution in [1.82, 2.24) is 19.1 Å². The third-order valence-electron chi connectivity index (χ3n) is 9.99. The minimum absolute atomic E-state index is 0.846. The third kappa shape index (κ3) is 4.53. The summed E-state index contributed by atoms with van der Waals surface area (Å²) in [7, 11) is 0. The van der Waals surface area contributed by atoms with Crippen LogP contribution >= 0.6 is 0 Å². The third-order valence-corrected chi connectivity index (χ3v) is 9.99. The maximum atomic E-state index is 5.42. The fourth-order valence-corrected chi connectivity index (χ4v) is 7.74. The monoisotopic (exact) mass is 640 g/mol. The Kier molecular flexibility index (Phi) is 6.59. The lowest BCUT2D eigenvalue weighted by molar-refractivity contribution is 1.05. The predicted molar refractivity (Wildman–Crippen MR) is 208 cm³/mol. The van der Waals surface area contributed by atoms with Gasteiger partial charge in [-0.2, -0.15) is 0 Å². The Balaban J connectivity index is 1.25. The maximum Gasteiger partial charge on any atom is 0.138 e. The molecule has 5 aromatic carbocycles. The van der Waals surface area contributed by atoms with Crippen LogP contribution in [0.4, 0.5) is 0 Å². The first kappa shape index (κ1) is 28.5. The molecular formula is C46H32N4. The highest BCUT2D eigenvalue weighted by molar-refractivity contribution is 6.26. The van der Waals surface area contributed by atoms with E-state index < -0.39 is 0 Å². The lowest BCUT2D eigenvalue weighted by atomic mass is 9.95. The van der Waals surface area contributed by atoms with E-state index in [1.54, 1.807) is 0 Å². The van der Waals surface area contributed by atoms with Crippen molar-refractivity contribution in [2.75, 3.05) is 0 Å². The van der Waals surface area contributed by atoms with Crippen LogP contribution in [0.15, 0.2) is 170 Å². The van der Waals surface area contributed by atoms with Crippen molar-refractivity contribution in [2.24, 2.45) is 0 Å². The number of aromatic nitrogens is 4. The molecule has 0 radical (unpaired) electrons. The number of allylic oxidation sites excluding steroid dienone is 4. The molecule has 0 N–H and O–H groups in total. The summed E-state index contributed by atoms with van der Waals surface area (Å²) in [6.07, 6.45) is 8.68. The minimum Gasteiger partial charge on any atom is -0.309 e. The van der Waals surface area contributed by atoms with Crippen LogP contribution in [0, 0.1) is 0 Å². The quantitative estimate of drug-likeness (QED) is 0.188. The summed E-state index contributed by atoms with van der Waals surface area (Å²) in [6, 6.07) is 53.8. The van der Waals surface area contributed by atoms with E-state index in [-0.39, 0.29) is 0 Å². The molecule has 4 heteroatoms. The van der Waals surface area contributed by atoms with Crippen LogP contribution in [0.1, 0.15) is 18.4 Å². The molecule has 9 aromatic rings. The van der Waals surface area contributed by atoms with Gasteiger partial charge in [0.05, 0.1) is 39.1 Å². The van der Waals surface area contributed by atoms with Gasteiger partial charge in [0.1, 0.15) is 5.82 Å². The first-order valence-corrected chi connectivity index (χ1v) is 17.2. The predicted octanol–water partition coefficient (Wildman–Crippen LogP) is 11.7. The van der Waals surface area contributed by atoms with Gasteiger partial charge in [-0.25, -0.2) is 9.97 Å². The van der Waals surface area contributed by atoms with Gasteiger partial charge in [-0.05, 0) is 78.6 Å². The number of para-hydroxylation sites is 3. The van der Waals surface area contributed by atoms with E-state index in [4.69, 9.17) is 9.97 Å². The number of hydrogen-bond donors (Lipinski definition) is 0. The summed E-state index contributed by atoms with van der Waals surface area (Å²) in [5, 5.41) is 4.85. The SMILES string of the molecule is C1=CCCC(c2cc(-c3ccccc3)nc(-c3cccc(-n4c5ccccc5c5ccc6c(c7ccccc7n6-c6ccccc6)c54)n3)c2)=C1. The summed E-state index contributed by atoms with van der Waals surface area (Å²) in [5.41, 5.74) is 12.1. The molecule has 0 aliphatic heterocycles. The van der Waals surface area contributed by atoms with E-state index >= 15 is 0 Å². The van der Waals surface area contributed by atoms with Gasteiger partial charge in [-0.3, -0.25) is 4.57 Å². The first-order valence-electron chi connectivity index (χ1n) is 17.2. The zero-order valence-corrected chi connectivity index (χ0v) is 27.4. The molecule has 10 rings (SSSR count). The number of fused-ring (bicyclic) bond motifs is 7. The molecule has 0 saturated carbocycles. The van der Waals surface area contributed by atoms with E-state index in [0.29, 0.717) is 0 Å². The zero-order valence-electron chi connectivity index (χ0n) is 27.4. The van der Waals surface area contributed by atoms with Crippen molar-refractivity contribution < 1.29 is 0 Å². The van der Waals surface area contributed by atoms with Crippen molar-refractivity contribution >= 4 is 49.2 Å². The van der Waals surface area contributed by atoms with Crippen molar-refractivity contribution in [1.29, 1.82) is 0 Å². The Morgan fingerprint density at radius 3 is 2.00 bits per heavy atom.